The van der Waals surface area contributed by atoms with Crippen molar-refractivity contribution in [1.29, 1.82) is 0 Å². The minimum atomic E-state index is -0.605. The van der Waals surface area contributed by atoms with Gasteiger partial charge in [0.2, 0.25) is 11.6 Å². The summed E-state index contributed by atoms with van der Waals surface area (Å²) in [6.07, 6.45) is 1.47. The van der Waals surface area contributed by atoms with Crippen LogP contribution >= 0.6 is 15.9 Å². The lowest BCUT2D eigenvalue weighted by molar-refractivity contribution is 0.0947. The minimum absolute atomic E-state index is 0.0265. The summed E-state index contributed by atoms with van der Waals surface area (Å²) in [7, 11) is 1.55. The summed E-state index contributed by atoms with van der Waals surface area (Å²) < 4.78 is 18.0. The predicted molar refractivity (Wildman–Crippen MR) is 146 cm³/mol. The summed E-state index contributed by atoms with van der Waals surface area (Å²) in [5.74, 6) is 0.410. The van der Waals surface area contributed by atoms with Crippen molar-refractivity contribution in [1.82, 2.24) is 30.7 Å². The highest BCUT2D eigenvalue weighted by atomic mass is 79.9. The molecule has 0 fully saturated rings. The average molecular weight is 589 g/mol. The van der Waals surface area contributed by atoms with Crippen molar-refractivity contribution in [2.75, 3.05) is 12.8 Å². The molecule has 0 aliphatic rings. The van der Waals surface area contributed by atoms with Crippen LogP contribution in [0.25, 0.3) is 17.1 Å². The molecule has 0 aliphatic heterocycles. The molecule has 5 aromatic rings. The lowest BCUT2D eigenvalue weighted by Crippen LogP contribution is -2.22. The van der Waals surface area contributed by atoms with Crippen LogP contribution < -0.4 is 20.6 Å². The first-order chi connectivity index (χ1) is 19.0. The summed E-state index contributed by atoms with van der Waals surface area (Å²) in [5.41, 5.74) is 11.0. The number of hydrazone groups is 1. The first-order valence-corrected chi connectivity index (χ1v) is 12.3. The first kappa shape index (κ1) is 25.6. The Bertz CT molecular complexity index is 1620. The Labute approximate surface area is 230 Å². The summed E-state index contributed by atoms with van der Waals surface area (Å²) in [5, 5.41) is 19.6. The molecule has 3 N–H and O–H groups in total. The van der Waals surface area contributed by atoms with Crippen LogP contribution in [0.5, 0.6) is 11.5 Å². The Morgan fingerprint density at radius 2 is 1.87 bits per heavy atom. The van der Waals surface area contributed by atoms with Crippen molar-refractivity contribution < 1.29 is 18.9 Å². The summed E-state index contributed by atoms with van der Waals surface area (Å²) >= 11 is 3.53. The molecular formula is C26H21BrN8O4. The molecule has 0 radical (unpaired) electrons. The van der Waals surface area contributed by atoms with Crippen molar-refractivity contribution >= 4 is 33.9 Å². The van der Waals surface area contributed by atoms with Crippen LogP contribution in [0.3, 0.4) is 0 Å². The van der Waals surface area contributed by atoms with Gasteiger partial charge in [-0.2, -0.15) is 9.78 Å². The molecule has 13 heteroatoms. The number of nitrogens with zero attached hydrogens (tertiary/aromatic N) is 6. The molecule has 3 aromatic carbocycles. The number of hydrogen-bond donors (Lipinski definition) is 2. The largest absolute Gasteiger partial charge is 0.493 e. The molecule has 1 amide bonds. The van der Waals surface area contributed by atoms with Gasteiger partial charge >= 0.3 is 0 Å². The quantitative estimate of drug-likeness (QED) is 0.192. The number of amides is 1. The van der Waals surface area contributed by atoms with E-state index in [1.165, 1.54) is 6.21 Å². The third-order valence-corrected chi connectivity index (χ3v) is 6.08. The van der Waals surface area contributed by atoms with E-state index in [1.54, 1.807) is 31.4 Å². The second-order valence-corrected chi connectivity index (χ2v) is 8.90. The fourth-order valence-corrected chi connectivity index (χ4v) is 4.24. The fraction of sp³-hybridized carbons (Fsp3) is 0.0769. The van der Waals surface area contributed by atoms with Crippen molar-refractivity contribution in [2.24, 2.45) is 5.10 Å². The second kappa shape index (κ2) is 11.6. The maximum Gasteiger partial charge on any atom is 0.292 e. The molecule has 0 unspecified atom stereocenters. The average Bonchev–Trinajstić information content (AvgIpc) is 3.59. The van der Waals surface area contributed by atoms with E-state index in [4.69, 9.17) is 15.2 Å². The first-order valence-electron chi connectivity index (χ1n) is 11.5. The van der Waals surface area contributed by atoms with Gasteiger partial charge in [0.05, 0.1) is 17.8 Å². The smallest absolute Gasteiger partial charge is 0.292 e. The number of rotatable bonds is 9. The maximum atomic E-state index is 13.3. The molecule has 0 bridgehead atoms. The third-order valence-electron chi connectivity index (χ3n) is 5.49. The number of halogens is 1. The van der Waals surface area contributed by atoms with E-state index in [0.717, 1.165) is 10.2 Å². The van der Waals surface area contributed by atoms with Crippen LogP contribution in [0, 0.1) is 0 Å². The number of aromatic nitrogens is 5. The molecule has 2 aromatic heterocycles. The molecular weight excluding hydrogens is 568 g/mol. The number of ether oxygens (including phenoxy) is 2. The number of carbonyl (C=O) groups excluding carboxylic acids is 1. The van der Waals surface area contributed by atoms with E-state index in [1.807, 2.05) is 48.5 Å². The van der Waals surface area contributed by atoms with Crippen molar-refractivity contribution in [2.45, 2.75) is 6.61 Å². The summed E-state index contributed by atoms with van der Waals surface area (Å²) in [4.78, 5) is 13.3. The SMILES string of the molecule is COc1cc(/C=N/NC(=O)c2c(-c3ccccc3)nnn2-c2nonc2N)cc(Br)c1OCc1ccccc1. The fourth-order valence-electron chi connectivity index (χ4n) is 3.66. The van der Waals surface area contributed by atoms with E-state index in [-0.39, 0.29) is 17.3 Å². The molecule has 39 heavy (non-hydrogen) atoms. The number of carbonyl (C=O) groups is 1. The monoisotopic (exact) mass is 588 g/mol. The van der Waals surface area contributed by atoms with Crippen LogP contribution in [0.1, 0.15) is 21.6 Å². The zero-order chi connectivity index (χ0) is 27.2. The van der Waals surface area contributed by atoms with Gasteiger partial charge in [-0.25, -0.2) is 10.1 Å². The van der Waals surface area contributed by atoms with Crippen LogP contribution in [-0.4, -0.2) is 44.5 Å². The topological polar surface area (TPSA) is 156 Å². The number of benzene rings is 3. The Kier molecular flexibility index (Phi) is 7.59. The number of hydrogen-bond acceptors (Lipinski definition) is 10. The van der Waals surface area contributed by atoms with E-state index >= 15 is 0 Å². The van der Waals surface area contributed by atoms with Gasteiger partial charge in [-0.1, -0.05) is 65.9 Å². The highest BCUT2D eigenvalue weighted by molar-refractivity contribution is 9.10. The summed E-state index contributed by atoms with van der Waals surface area (Å²) in [6, 6.07) is 22.4. The molecule has 0 atom stereocenters. The molecule has 2 heterocycles. The van der Waals surface area contributed by atoms with Crippen molar-refractivity contribution in [3.63, 3.8) is 0 Å². The zero-order valence-corrected chi connectivity index (χ0v) is 22.1. The van der Waals surface area contributed by atoms with Gasteiger partial charge in [-0.15, -0.1) is 5.10 Å². The third kappa shape index (κ3) is 5.62. The standard InChI is InChI=1S/C26H21BrN8O4/c1-37-20-13-17(12-19(27)23(20)38-15-16-8-4-2-5-9-16)14-29-31-26(36)22-21(18-10-6-3-7-11-18)30-34-35(22)25-24(28)32-39-33-25/h2-14H,15H2,1H3,(H2,28,32)(H,31,36)/b29-14+. The maximum absolute atomic E-state index is 13.3. The zero-order valence-electron chi connectivity index (χ0n) is 20.5. The highest BCUT2D eigenvalue weighted by Crippen LogP contribution is 2.37. The molecule has 0 saturated heterocycles. The van der Waals surface area contributed by atoms with Crippen LogP contribution in [-0.2, 0) is 6.61 Å². The van der Waals surface area contributed by atoms with Gasteiger partial charge < -0.3 is 15.2 Å². The van der Waals surface area contributed by atoms with Crippen LogP contribution in [0.4, 0.5) is 5.82 Å². The van der Waals surface area contributed by atoms with E-state index < -0.39 is 5.91 Å². The Morgan fingerprint density at radius 3 is 2.56 bits per heavy atom. The molecule has 5 rings (SSSR count). The Morgan fingerprint density at radius 1 is 1.13 bits per heavy atom. The molecule has 0 spiro atoms. The minimum Gasteiger partial charge on any atom is -0.493 e. The summed E-state index contributed by atoms with van der Waals surface area (Å²) in [6.45, 7) is 0.371. The van der Waals surface area contributed by atoms with Gasteiger partial charge in [0.1, 0.15) is 12.3 Å². The number of anilines is 1. The molecule has 0 aliphatic carbocycles. The molecule has 12 nitrogen and oxygen atoms in total. The highest BCUT2D eigenvalue weighted by Gasteiger charge is 2.25. The second-order valence-electron chi connectivity index (χ2n) is 8.05. The Hall–Kier alpha value is -5.04. The van der Waals surface area contributed by atoms with Gasteiger partial charge in [-0.3, -0.25) is 4.79 Å². The number of nitrogen functional groups attached to an aromatic ring is 1. The van der Waals surface area contributed by atoms with Gasteiger partial charge in [0.25, 0.3) is 5.91 Å². The number of nitrogens with two attached hydrogens (primary N) is 1. The van der Waals surface area contributed by atoms with Gasteiger partial charge in [-0.05, 0) is 49.5 Å². The van der Waals surface area contributed by atoms with Gasteiger partial charge in [0.15, 0.2) is 17.2 Å². The van der Waals surface area contributed by atoms with Crippen molar-refractivity contribution in [3.8, 4) is 28.6 Å². The van der Waals surface area contributed by atoms with E-state index in [9.17, 15) is 4.79 Å². The molecule has 196 valence electrons. The van der Waals surface area contributed by atoms with Crippen LogP contribution in [0.15, 0.2) is 87.0 Å². The van der Waals surface area contributed by atoms with E-state index in [2.05, 4.69) is 51.7 Å². The van der Waals surface area contributed by atoms with Gasteiger partial charge in [0, 0.05) is 5.56 Å². The lowest BCUT2D eigenvalue weighted by Gasteiger charge is -2.13. The number of nitrogens with one attached hydrogen (secondary N) is 1. The predicted octanol–water partition coefficient (Wildman–Crippen LogP) is 4.01. The molecule has 0 saturated carbocycles. The Balaban J connectivity index is 1.38. The lowest BCUT2D eigenvalue weighted by atomic mass is 10.1. The van der Waals surface area contributed by atoms with Crippen molar-refractivity contribution in [3.05, 3.63) is 94.1 Å². The van der Waals surface area contributed by atoms with E-state index in [0.29, 0.717) is 39.4 Å². The van der Waals surface area contributed by atoms with Crippen LogP contribution in [0.2, 0.25) is 0 Å². The number of methoxy groups -OCH3 is 1. The normalized spacial score (nSPS) is 11.0.